The molecule has 1 aliphatic heterocycles. The van der Waals surface area contributed by atoms with Crippen molar-refractivity contribution >= 4 is 17.7 Å². The Kier molecular flexibility index (Phi) is 5.97. The molecule has 0 N–H and O–H groups in total. The number of anilines is 1. The minimum atomic E-state index is 0.0239. The summed E-state index contributed by atoms with van der Waals surface area (Å²) in [6, 6.07) is 24.2. The number of piperazine rings is 1. The third kappa shape index (κ3) is 4.70. The molecule has 3 heterocycles. The number of rotatable bonds is 5. The molecule has 2 aromatic heterocycles. The van der Waals surface area contributed by atoms with Crippen LogP contribution in [0.3, 0.4) is 0 Å². The van der Waals surface area contributed by atoms with Crippen LogP contribution in [0.15, 0.2) is 97.5 Å². The highest BCUT2D eigenvalue weighted by Gasteiger charge is 2.20. The lowest BCUT2D eigenvalue weighted by Crippen LogP contribution is -2.48. The van der Waals surface area contributed by atoms with E-state index in [-0.39, 0.29) is 5.91 Å². The van der Waals surface area contributed by atoms with Crippen molar-refractivity contribution in [3.63, 3.8) is 0 Å². The maximum atomic E-state index is 12.9. The van der Waals surface area contributed by atoms with Crippen molar-refractivity contribution < 1.29 is 4.79 Å². The molecule has 2 aromatic carbocycles. The number of hydrogen-bond acceptors (Lipinski definition) is 4. The van der Waals surface area contributed by atoms with Gasteiger partial charge < -0.3 is 9.80 Å². The number of benzene rings is 2. The van der Waals surface area contributed by atoms with Gasteiger partial charge in [0.05, 0.1) is 5.69 Å². The van der Waals surface area contributed by atoms with Gasteiger partial charge in [0.1, 0.15) is 5.69 Å². The van der Waals surface area contributed by atoms with Gasteiger partial charge in [-0.3, -0.25) is 9.78 Å². The van der Waals surface area contributed by atoms with Gasteiger partial charge in [-0.1, -0.05) is 36.4 Å². The zero-order chi connectivity index (χ0) is 22.5. The fraction of sp³-hybridized carbons (Fsp3) is 0.148. The van der Waals surface area contributed by atoms with Crippen LogP contribution >= 0.6 is 0 Å². The molecule has 0 atom stereocenters. The van der Waals surface area contributed by atoms with Crippen LogP contribution in [0.2, 0.25) is 0 Å². The first-order valence-corrected chi connectivity index (χ1v) is 11.1. The Morgan fingerprint density at radius 3 is 2.09 bits per heavy atom. The molecule has 33 heavy (non-hydrogen) atoms. The van der Waals surface area contributed by atoms with Crippen molar-refractivity contribution in [2.24, 2.45) is 0 Å². The maximum absolute atomic E-state index is 12.9. The van der Waals surface area contributed by atoms with Crippen LogP contribution < -0.4 is 4.90 Å². The van der Waals surface area contributed by atoms with Crippen LogP contribution in [0.5, 0.6) is 0 Å². The second-order valence-electron chi connectivity index (χ2n) is 7.93. The second kappa shape index (κ2) is 9.53. The average molecular weight is 436 g/mol. The van der Waals surface area contributed by atoms with Crippen LogP contribution in [0, 0.1) is 0 Å². The molecule has 0 unspecified atom stereocenters. The molecule has 0 spiro atoms. The van der Waals surface area contributed by atoms with Gasteiger partial charge in [0.25, 0.3) is 0 Å². The van der Waals surface area contributed by atoms with E-state index in [9.17, 15) is 4.79 Å². The van der Waals surface area contributed by atoms with Crippen molar-refractivity contribution in [2.45, 2.75) is 0 Å². The van der Waals surface area contributed by atoms with Crippen molar-refractivity contribution in [2.75, 3.05) is 31.1 Å². The van der Waals surface area contributed by atoms with Gasteiger partial charge in [-0.15, -0.1) is 0 Å². The molecule has 1 amide bonds. The Bertz CT molecular complexity index is 1230. The maximum Gasteiger partial charge on any atom is 0.246 e. The molecule has 6 nitrogen and oxygen atoms in total. The lowest BCUT2D eigenvalue weighted by Gasteiger charge is -2.35. The molecule has 0 radical (unpaired) electrons. The molecular formula is C27H25N5O. The highest BCUT2D eigenvalue weighted by molar-refractivity contribution is 5.93. The third-order valence-electron chi connectivity index (χ3n) is 5.84. The molecule has 1 fully saturated rings. The van der Waals surface area contributed by atoms with E-state index in [0.717, 1.165) is 35.6 Å². The lowest BCUT2D eigenvalue weighted by molar-refractivity contribution is -0.126. The average Bonchev–Trinajstić information content (AvgIpc) is 3.33. The predicted octanol–water partition coefficient (Wildman–Crippen LogP) is 4.30. The molecule has 5 rings (SSSR count). The number of nitrogens with zero attached hydrogens (tertiary/aromatic N) is 5. The second-order valence-corrected chi connectivity index (χ2v) is 7.93. The quantitative estimate of drug-likeness (QED) is 0.439. The summed E-state index contributed by atoms with van der Waals surface area (Å²) in [5.41, 5.74) is 4.84. The molecular weight excluding hydrogens is 410 g/mol. The smallest absolute Gasteiger partial charge is 0.246 e. The summed E-state index contributed by atoms with van der Waals surface area (Å²) in [7, 11) is 0. The summed E-state index contributed by atoms with van der Waals surface area (Å²) in [6.07, 6.45) is 9.00. The fourth-order valence-corrected chi connectivity index (χ4v) is 4.05. The Balaban J connectivity index is 1.33. The lowest BCUT2D eigenvalue weighted by atomic mass is 10.1. The van der Waals surface area contributed by atoms with Crippen LogP contribution in [-0.2, 0) is 4.79 Å². The first kappa shape index (κ1) is 20.7. The molecule has 0 bridgehead atoms. The highest BCUT2D eigenvalue weighted by atomic mass is 16.2. The van der Waals surface area contributed by atoms with Gasteiger partial charge in [0.15, 0.2) is 0 Å². The van der Waals surface area contributed by atoms with Gasteiger partial charge in [-0.25, -0.2) is 4.68 Å². The Morgan fingerprint density at radius 2 is 1.42 bits per heavy atom. The zero-order valence-electron chi connectivity index (χ0n) is 18.3. The number of amides is 1. The molecule has 6 heteroatoms. The number of para-hydroxylation sites is 2. The van der Waals surface area contributed by atoms with E-state index in [2.05, 4.69) is 22.0 Å². The molecule has 164 valence electrons. The highest BCUT2D eigenvalue weighted by Crippen LogP contribution is 2.24. The van der Waals surface area contributed by atoms with Gasteiger partial charge in [0.2, 0.25) is 5.91 Å². The van der Waals surface area contributed by atoms with E-state index in [1.165, 1.54) is 5.69 Å². The van der Waals surface area contributed by atoms with Crippen LogP contribution in [-0.4, -0.2) is 51.8 Å². The topological polar surface area (TPSA) is 54.3 Å². The van der Waals surface area contributed by atoms with E-state index in [0.29, 0.717) is 13.1 Å². The van der Waals surface area contributed by atoms with Crippen LogP contribution in [0.25, 0.3) is 23.0 Å². The van der Waals surface area contributed by atoms with Crippen molar-refractivity contribution in [3.8, 4) is 16.9 Å². The minimum absolute atomic E-state index is 0.0239. The summed E-state index contributed by atoms with van der Waals surface area (Å²) >= 11 is 0. The fourth-order valence-electron chi connectivity index (χ4n) is 4.05. The van der Waals surface area contributed by atoms with Crippen molar-refractivity contribution in [1.29, 1.82) is 0 Å². The summed E-state index contributed by atoms with van der Waals surface area (Å²) in [4.78, 5) is 21.3. The van der Waals surface area contributed by atoms with Crippen molar-refractivity contribution in [1.82, 2.24) is 19.7 Å². The number of aromatic nitrogens is 3. The van der Waals surface area contributed by atoms with Gasteiger partial charge in [-0.05, 0) is 42.5 Å². The molecule has 4 aromatic rings. The summed E-state index contributed by atoms with van der Waals surface area (Å²) < 4.78 is 1.85. The first-order chi connectivity index (χ1) is 16.3. The van der Waals surface area contributed by atoms with Gasteiger partial charge in [-0.2, -0.15) is 5.10 Å². The Hall–Kier alpha value is -4.19. The summed E-state index contributed by atoms with van der Waals surface area (Å²) in [5, 5.41) is 4.79. The van der Waals surface area contributed by atoms with E-state index < -0.39 is 0 Å². The monoisotopic (exact) mass is 435 g/mol. The minimum Gasteiger partial charge on any atom is -0.368 e. The SMILES string of the molecule is O=C(/C=C/c1cn(-c2ccccc2)nc1-c1ccncc1)N1CCN(c2ccccc2)CC1. The summed E-state index contributed by atoms with van der Waals surface area (Å²) in [6.45, 7) is 3.08. The number of pyridine rings is 1. The number of carbonyl (C=O) groups excluding carboxylic acids is 1. The summed E-state index contributed by atoms with van der Waals surface area (Å²) in [5.74, 6) is 0.0239. The first-order valence-electron chi connectivity index (χ1n) is 11.1. The Morgan fingerprint density at radius 1 is 0.788 bits per heavy atom. The normalized spacial score (nSPS) is 14.1. The number of hydrogen-bond donors (Lipinski definition) is 0. The largest absolute Gasteiger partial charge is 0.368 e. The molecule has 1 aliphatic rings. The van der Waals surface area contributed by atoms with Gasteiger partial charge >= 0.3 is 0 Å². The van der Waals surface area contributed by atoms with Crippen molar-refractivity contribution in [3.05, 3.63) is 103 Å². The third-order valence-corrected chi connectivity index (χ3v) is 5.84. The van der Waals surface area contributed by atoms with E-state index in [1.807, 2.05) is 82.5 Å². The molecule has 0 aliphatic carbocycles. The molecule has 0 saturated carbocycles. The van der Waals surface area contributed by atoms with E-state index in [4.69, 9.17) is 5.10 Å². The zero-order valence-corrected chi connectivity index (χ0v) is 18.3. The molecule has 1 saturated heterocycles. The van der Waals surface area contributed by atoms with Crippen LogP contribution in [0.4, 0.5) is 5.69 Å². The van der Waals surface area contributed by atoms with Crippen LogP contribution in [0.1, 0.15) is 5.56 Å². The number of carbonyl (C=O) groups is 1. The van der Waals surface area contributed by atoms with E-state index in [1.54, 1.807) is 18.5 Å². The van der Waals surface area contributed by atoms with E-state index >= 15 is 0 Å². The van der Waals surface area contributed by atoms with Gasteiger partial charge in [0, 0.05) is 67.7 Å². The standard InChI is InChI=1S/C27H25N5O/c33-26(31-19-17-30(18-20-31)24-7-3-1-4-8-24)12-11-23-21-32(25-9-5-2-6-10-25)29-27(23)22-13-15-28-16-14-22/h1-16,21H,17-20H2/b12-11+. The predicted molar refractivity (Wildman–Crippen MR) is 131 cm³/mol. The Labute approximate surface area is 193 Å².